The normalized spacial score (nSPS) is 13.9. The molecule has 92 valence electrons. The number of nitrogens with two attached hydrogens (primary N) is 1. The molecule has 0 saturated heterocycles. The highest BCUT2D eigenvalue weighted by Gasteiger charge is 2.27. The van der Waals surface area contributed by atoms with E-state index in [1.54, 1.807) is 11.3 Å². The van der Waals surface area contributed by atoms with Crippen LogP contribution in [-0.4, -0.2) is 10.1 Å². The smallest absolute Gasteiger partial charge is 0.268 e. The van der Waals surface area contributed by atoms with Gasteiger partial charge in [-0.1, -0.05) is 25.9 Å². The van der Waals surface area contributed by atoms with Crippen molar-refractivity contribution in [1.82, 2.24) is 10.1 Å². The first-order valence-electron chi connectivity index (χ1n) is 5.23. The Hall–Kier alpha value is -0.720. The predicted octanol–water partition coefficient (Wildman–Crippen LogP) is 3.61. The van der Waals surface area contributed by atoms with Crippen LogP contribution in [0.4, 0.5) is 0 Å². The van der Waals surface area contributed by atoms with Crippen LogP contribution in [-0.2, 0) is 0 Å². The van der Waals surface area contributed by atoms with Crippen LogP contribution in [0.2, 0.25) is 0 Å². The van der Waals surface area contributed by atoms with Gasteiger partial charge in [0, 0.05) is 0 Å². The van der Waals surface area contributed by atoms with E-state index in [0.717, 1.165) is 8.66 Å². The van der Waals surface area contributed by atoms with Crippen LogP contribution in [0.1, 0.15) is 32.6 Å². The van der Waals surface area contributed by atoms with Crippen LogP contribution in [0, 0.1) is 5.41 Å². The third-order valence-corrected chi connectivity index (χ3v) is 4.05. The van der Waals surface area contributed by atoms with Gasteiger partial charge in [0.25, 0.3) is 5.89 Å². The number of hydrogen-bond donors (Lipinski definition) is 1. The molecule has 0 amide bonds. The molecule has 0 saturated carbocycles. The van der Waals surface area contributed by atoms with E-state index in [2.05, 4.69) is 46.8 Å². The summed E-state index contributed by atoms with van der Waals surface area (Å²) in [6.07, 6.45) is 0. The van der Waals surface area contributed by atoms with Crippen molar-refractivity contribution < 1.29 is 4.52 Å². The predicted molar refractivity (Wildman–Crippen MR) is 71.7 cm³/mol. The number of nitrogens with zero attached hydrogens (tertiary/aromatic N) is 2. The number of hydrogen-bond acceptors (Lipinski definition) is 5. The third kappa shape index (κ3) is 2.75. The number of halogens is 1. The van der Waals surface area contributed by atoms with Crippen molar-refractivity contribution in [1.29, 1.82) is 0 Å². The SMILES string of the molecule is CC(C)(C)C(N)c1noc(-c2ccc(Br)s2)n1. The highest BCUT2D eigenvalue weighted by atomic mass is 79.9. The van der Waals surface area contributed by atoms with E-state index in [0.29, 0.717) is 11.7 Å². The topological polar surface area (TPSA) is 64.9 Å². The summed E-state index contributed by atoms with van der Waals surface area (Å²) < 4.78 is 6.26. The minimum Gasteiger partial charge on any atom is -0.333 e. The lowest BCUT2D eigenvalue weighted by atomic mass is 9.87. The van der Waals surface area contributed by atoms with Crippen molar-refractivity contribution in [3.05, 3.63) is 21.7 Å². The van der Waals surface area contributed by atoms with Crippen molar-refractivity contribution in [2.75, 3.05) is 0 Å². The van der Waals surface area contributed by atoms with Crippen LogP contribution in [0.15, 0.2) is 20.4 Å². The summed E-state index contributed by atoms with van der Waals surface area (Å²) >= 11 is 4.95. The molecule has 0 aromatic carbocycles. The van der Waals surface area contributed by atoms with Gasteiger partial charge in [0.1, 0.15) is 0 Å². The zero-order valence-corrected chi connectivity index (χ0v) is 12.3. The van der Waals surface area contributed by atoms with Gasteiger partial charge in [-0.3, -0.25) is 0 Å². The highest BCUT2D eigenvalue weighted by Crippen LogP contribution is 2.33. The lowest BCUT2D eigenvalue weighted by Crippen LogP contribution is -2.27. The summed E-state index contributed by atoms with van der Waals surface area (Å²) in [6, 6.07) is 3.66. The van der Waals surface area contributed by atoms with E-state index in [-0.39, 0.29) is 11.5 Å². The van der Waals surface area contributed by atoms with Crippen LogP contribution in [0.5, 0.6) is 0 Å². The molecule has 2 aromatic rings. The fraction of sp³-hybridized carbons (Fsp3) is 0.455. The Bertz CT molecular complexity index is 515. The molecule has 2 rings (SSSR count). The quantitative estimate of drug-likeness (QED) is 0.919. The molecule has 0 radical (unpaired) electrons. The molecule has 4 nitrogen and oxygen atoms in total. The maximum atomic E-state index is 6.08. The summed E-state index contributed by atoms with van der Waals surface area (Å²) in [5.41, 5.74) is 5.99. The minimum absolute atomic E-state index is 0.0861. The fourth-order valence-corrected chi connectivity index (χ4v) is 2.59. The molecule has 0 aliphatic rings. The molecular formula is C11H14BrN3OS. The molecular weight excluding hydrogens is 302 g/mol. The molecule has 0 spiro atoms. The summed E-state index contributed by atoms with van der Waals surface area (Å²) in [5.74, 6) is 1.08. The summed E-state index contributed by atoms with van der Waals surface area (Å²) in [7, 11) is 0. The van der Waals surface area contributed by atoms with E-state index >= 15 is 0 Å². The number of thiophene rings is 1. The lowest BCUT2D eigenvalue weighted by Gasteiger charge is -2.23. The molecule has 0 bridgehead atoms. The monoisotopic (exact) mass is 315 g/mol. The minimum atomic E-state index is -0.233. The van der Waals surface area contributed by atoms with Gasteiger partial charge >= 0.3 is 0 Å². The van der Waals surface area contributed by atoms with Crippen molar-refractivity contribution >= 4 is 27.3 Å². The Labute approximate surface area is 112 Å². The van der Waals surface area contributed by atoms with Gasteiger partial charge in [-0.2, -0.15) is 4.98 Å². The number of aromatic nitrogens is 2. The van der Waals surface area contributed by atoms with Crippen LogP contribution < -0.4 is 5.73 Å². The van der Waals surface area contributed by atoms with Gasteiger partial charge in [-0.15, -0.1) is 11.3 Å². The van der Waals surface area contributed by atoms with E-state index in [9.17, 15) is 0 Å². The van der Waals surface area contributed by atoms with E-state index in [4.69, 9.17) is 10.3 Å². The van der Waals surface area contributed by atoms with Gasteiger partial charge in [0.2, 0.25) is 0 Å². The average molecular weight is 316 g/mol. The highest BCUT2D eigenvalue weighted by molar-refractivity contribution is 9.11. The van der Waals surface area contributed by atoms with Gasteiger partial charge in [0.05, 0.1) is 14.7 Å². The van der Waals surface area contributed by atoms with Crippen LogP contribution >= 0.6 is 27.3 Å². The molecule has 2 heterocycles. The Morgan fingerprint density at radius 1 is 1.41 bits per heavy atom. The summed E-state index contributed by atoms with van der Waals surface area (Å²) in [5, 5.41) is 3.95. The second-order valence-electron chi connectivity index (χ2n) is 4.91. The first kappa shape index (κ1) is 12.7. The molecule has 1 unspecified atom stereocenters. The molecule has 2 aromatic heterocycles. The molecule has 1 atom stereocenters. The van der Waals surface area contributed by atoms with E-state index < -0.39 is 0 Å². The summed E-state index contributed by atoms with van der Waals surface area (Å²) in [6.45, 7) is 6.15. The second kappa shape index (κ2) is 4.51. The maximum Gasteiger partial charge on any atom is 0.268 e. The molecule has 0 aliphatic heterocycles. The van der Waals surface area contributed by atoms with Crippen molar-refractivity contribution in [2.24, 2.45) is 11.1 Å². The average Bonchev–Trinajstić information content (AvgIpc) is 2.83. The molecule has 17 heavy (non-hydrogen) atoms. The largest absolute Gasteiger partial charge is 0.333 e. The Kier molecular flexibility index (Phi) is 3.38. The van der Waals surface area contributed by atoms with Gasteiger partial charge in [0.15, 0.2) is 5.82 Å². The van der Waals surface area contributed by atoms with E-state index in [1.807, 2.05) is 12.1 Å². The molecule has 0 fully saturated rings. The van der Waals surface area contributed by atoms with Crippen molar-refractivity contribution in [2.45, 2.75) is 26.8 Å². The molecule has 0 aliphatic carbocycles. The van der Waals surface area contributed by atoms with Crippen molar-refractivity contribution in [3.8, 4) is 10.8 Å². The fourth-order valence-electron chi connectivity index (χ4n) is 1.28. The second-order valence-corrected chi connectivity index (χ2v) is 7.37. The number of rotatable bonds is 2. The molecule has 6 heteroatoms. The lowest BCUT2D eigenvalue weighted by molar-refractivity contribution is 0.303. The Balaban J connectivity index is 2.28. The standard InChI is InChI=1S/C11H14BrN3OS/c1-11(2,3)8(13)9-14-10(16-15-9)6-4-5-7(12)17-6/h4-5,8H,13H2,1-3H3. The zero-order valence-electron chi connectivity index (χ0n) is 9.90. The van der Waals surface area contributed by atoms with Crippen molar-refractivity contribution in [3.63, 3.8) is 0 Å². The van der Waals surface area contributed by atoms with Gasteiger partial charge in [-0.05, 0) is 33.5 Å². The third-order valence-electron chi connectivity index (χ3n) is 2.44. The van der Waals surface area contributed by atoms with E-state index in [1.165, 1.54) is 0 Å². The van der Waals surface area contributed by atoms with Crippen LogP contribution in [0.25, 0.3) is 10.8 Å². The zero-order chi connectivity index (χ0) is 12.6. The Morgan fingerprint density at radius 2 is 2.12 bits per heavy atom. The van der Waals surface area contributed by atoms with Gasteiger partial charge in [-0.25, -0.2) is 0 Å². The summed E-state index contributed by atoms with van der Waals surface area (Å²) in [4.78, 5) is 5.29. The maximum absolute atomic E-state index is 6.08. The first-order chi connectivity index (χ1) is 7.88. The van der Waals surface area contributed by atoms with Gasteiger partial charge < -0.3 is 10.3 Å². The molecule has 2 N–H and O–H groups in total. The van der Waals surface area contributed by atoms with Crippen LogP contribution in [0.3, 0.4) is 0 Å². The Morgan fingerprint density at radius 3 is 2.65 bits per heavy atom. The first-order valence-corrected chi connectivity index (χ1v) is 6.84.